The van der Waals surface area contributed by atoms with Crippen LogP contribution in [0.25, 0.3) is 6.08 Å². The van der Waals surface area contributed by atoms with Crippen molar-refractivity contribution in [2.24, 2.45) is 0 Å². The average Bonchev–Trinajstić information content (AvgIpc) is 3.07. The van der Waals surface area contributed by atoms with E-state index in [4.69, 9.17) is 21.7 Å². The Kier molecular flexibility index (Phi) is 8.64. The van der Waals surface area contributed by atoms with Crippen LogP contribution in [0.4, 0.5) is 0 Å². The summed E-state index contributed by atoms with van der Waals surface area (Å²) in [5.41, 5.74) is 3.63. The van der Waals surface area contributed by atoms with Crippen molar-refractivity contribution >= 4 is 46.2 Å². The summed E-state index contributed by atoms with van der Waals surface area (Å²) in [5.74, 6) is 0.400. The van der Waals surface area contributed by atoms with Gasteiger partial charge in [-0.25, -0.2) is 0 Å². The van der Waals surface area contributed by atoms with Crippen molar-refractivity contribution in [3.63, 3.8) is 0 Å². The Morgan fingerprint density at radius 2 is 2.09 bits per heavy atom. The molecule has 1 aliphatic heterocycles. The molecule has 0 atom stereocenters. The van der Waals surface area contributed by atoms with Gasteiger partial charge in [-0.05, 0) is 54.5 Å². The predicted molar refractivity (Wildman–Crippen MR) is 129 cm³/mol. The zero-order valence-electron chi connectivity index (χ0n) is 18.0. The van der Waals surface area contributed by atoms with Gasteiger partial charge < -0.3 is 9.47 Å². The third kappa shape index (κ3) is 6.08. The quantitative estimate of drug-likeness (QED) is 0.308. The number of unbranched alkanes of at least 4 members (excludes halogenated alkanes) is 3. The fraction of sp³-hybridized carbons (Fsp3) is 0.304. The van der Waals surface area contributed by atoms with E-state index >= 15 is 0 Å². The number of hydrogen-bond donors (Lipinski definition) is 1. The van der Waals surface area contributed by atoms with Crippen molar-refractivity contribution in [3.8, 4) is 11.5 Å². The number of hydrazine groups is 1. The van der Waals surface area contributed by atoms with E-state index in [0.717, 1.165) is 35.2 Å². The number of aromatic nitrogens is 1. The number of carbonyl (C=O) groups is 2. The molecule has 1 aromatic carbocycles. The number of ether oxygens (including phenoxy) is 2. The maximum Gasteiger partial charge on any atom is 0.285 e. The molecule has 0 saturated carbocycles. The van der Waals surface area contributed by atoms with Gasteiger partial charge in [-0.3, -0.25) is 20.0 Å². The van der Waals surface area contributed by atoms with Gasteiger partial charge in [-0.15, -0.1) is 0 Å². The predicted octanol–water partition coefficient (Wildman–Crippen LogP) is 4.60. The summed E-state index contributed by atoms with van der Waals surface area (Å²) < 4.78 is 11.5. The Morgan fingerprint density at radius 1 is 1.25 bits per heavy atom. The third-order valence-corrected chi connectivity index (χ3v) is 5.97. The summed E-state index contributed by atoms with van der Waals surface area (Å²) >= 11 is 6.40. The number of carbonyl (C=O) groups excluding carboxylic acids is 2. The summed E-state index contributed by atoms with van der Waals surface area (Å²) in [5, 5.41) is 1.08. The lowest BCUT2D eigenvalue weighted by Gasteiger charge is -2.15. The molecule has 0 radical (unpaired) electrons. The van der Waals surface area contributed by atoms with Gasteiger partial charge in [0.05, 0.1) is 24.2 Å². The van der Waals surface area contributed by atoms with Crippen LogP contribution in [0.1, 0.15) is 48.5 Å². The molecule has 2 heterocycles. The van der Waals surface area contributed by atoms with Crippen molar-refractivity contribution in [2.45, 2.75) is 32.6 Å². The van der Waals surface area contributed by atoms with Crippen LogP contribution >= 0.6 is 24.0 Å². The lowest BCUT2D eigenvalue weighted by atomic mass is 10.2. The van der Waals surface area contributed by atoms with Crippen molar-refractivity contribution < 1.29 is 19.1 Å². The summed E-state index contributed by atoms with van der Waals surface area (Å²) in [6.45, 7) is 2.80. The fourth-order valence-corrected chi connectivity index (χ4v) is 4.16. The van der Waals surface area contributed by atoms with E-state index < -0.39 is 11.8 Å². The first kappa shape index (κ1) is 23.7. The molecule has 1 saturated heterocycles. The van der Waals surface area contributed by atoms with Crippen LogP contribution in [0, 0.1) is 0 Å². The van der Waals surface area contributed by atoms with Crippen molar-refractivity contribution in [1.82, 2.24) is 15.4 Å². The molecular formula is C23H25N3O4S2. The molecule has 0 bridgehead atoms. The molecule has 2 aromatic rings. The van der Waals surface area contributed by atoms with E-state index in [1.165, 1.54) is 19.0 Å². The van der Waals surface area contributed by atoms with Crippen LogP contribution in [0.2, 0.25) is 0 Å². The number of nitrogens with zero attached hydrogens (tertiary/aromatic N) is 2. The first-order chi connectivity index (χ1) is 15.5. The molecule has 7 nitrogen and oxygen atoms in total. The number of nitrogens with one attached hydrogen (secondary N) is 1. The second kappa shape index (κ2) is 11.6. The van der Waals surface area contributed by atoms with E-state index in [9.17, 15) is 9.59 Å². The summed E-state index contributed by atoms with van der Waals surface area (Å²) in [7, 11) is 1.58. The van der Waals surface area contributed by atoms with Crippen molar-refractivity contribution in [1.29, 1.82) is 0 Å². The van der Waals surface area contributed by atoms with Gasteiger partial charge in [-0.1, -0.05) is 44.0 Å². The van der Waals surface area contributed by atoms with Gasteiger partial charge in [0.25, 0.3) is 11.8 Å². The maximum absolute atomic E-state index is 12.8. The molecule has 32 heavy (non-hydrogen) atoms. The summed E-state index contributed by atoms with van der Waals surface area (Å²) in [4.78, 5) is 29.5. The van der Waals surface area contributed by atoms with Gasteiger partial charge in [-0.2, -0.15) is 5.01 Å². The van der Waals surface area contributed by atoms with Crippen LogP contribution < -0.4 is 14.9 Å². The van der Waals surface area contributed by atoms with Crippen LogP contribution in [0.5, 0.6) is 11.5 Å². The Labute approximate surface area is 197 Å². The number of benzene rings is 1. The van der Waals surface area contributed by atoms with Gasteiger partial charge in [0.2, 0.25) is 0 Å². The molecule has 168 valence electrons. The largest absolute Gasteiger partial charge is 0.493 e. The number of pyridine rings is 1. The molecule has 1 N–H and O–H groups in total. The molecule has 0 unspecified atom stereocenters. The molecule has 9 heteroatoms. The third-order valence-electron chi connectivity index (χ3n) is 4.67. The lowest BCUT2D eigenvalue weighted by Crippen LogP contribution is -2.44. The highest BCUT2D eigenvalue weighted by Crippen LogP contribution is 2.34. The highest BCUT2D eigenvalue weighted by molar-refractivity contribution is 8.26. The zero-order valence-corrected chi connectivity index (χ0v) is 19.6. The van der Waals surface area contributed by atoms with Crippen LogP contribution in [-0.2, 0) is 4.79 Å². The molecule has 3 rings (SSSR count). The second-order valence-electron chi connectivity index (χ2n) is 7.02. The number of thioether (sulfide) groups is 1. The number of amides is 2. The maximum atomic E-state index is 12.8. The molecule has 1 aliphatic rings. The minimum Gasteiger partial charge on any atom is -0.493 e. The first-order valence-electron chi connectivity index (χ1n) is 10.3. The van der Waals surface area contributed by atoms with Gasteiger partial charge in [0.1, 0.15) is 0 Å². The Hall–Kier alpha value is -2.91. The summed E-state index contributed by atoms with van der Waals surface area (Å²) in [6, 6.07) is 8.74. The Morgan fingerprint density at radius 3 is 2.81 bits per heavy atom. The Bertz CT molecular complexity index is 1010. The highest BCUT2D eigenvalue weighted by Gasteiger charge is 2.33. The van der Waals surface area contributed by atoms with Crippen molar-refractivity contribution in [3.05, 3.63) is 58.8 Å². The molecular weight excluding hydrogens is 446 g/mol. The SMILES string of the molecule is CCCCCCOc1ccc(/C=C2\SC(=S)N(NC(=O)c3cccnc3)C2=O)cc1OC. The van der Waals surface area contributed by atoms with Gasteiger partial charge in [0, 0.05) is 12.4 Å². The standard InChI is InChI=1S/C23H25N3O4S2/c1-3-4-5-6-12-30-18-10-9-16(13-19(18)29-2)14-20-22(28)26(23(31)32-20)25-21(27)17-8-7-11-24-15-17/h7-11,13-15H,3-6,12H2,1-2H3,(H,25,27)/b20-14-. The minimum absolute atomic E-state index is 0.248. The molecule has 0 aliphatic carbocycles. The van der Waals surface area contributed by atoms with E-state index in [2.05, 4.69) is 17.3 Å². The van der Waals surface area contributed by atoms with E-state index in [-0.39, 0.29) is 4.32 Å². The van der Waals surface area contributed by atoms with E-state index in [1.54, 1.807) is 31.5 Å². The van der Waals surface area contributed by atoms with E-state index in [0.29, 0.717) is 28.6 Å². The number of thiocarbonyl (C=S) groups is 1. The monoisotopic (exact) mass is 471 g/mol. The second-order valence-corrected chi connectivity index (χ2v) is 8.69. The topological polar surface area (TPSA) is 80.8 Å². The van der Waals surface area contributed by atoms with E-state index in [1.807, 2.05) is 18.2 Å². The normalized spacial score (nSPS) is 14.7. The first-order valence-corrected chi connectivity index (χ1v) is 11.6. The number of rotatable bonds is 10. The molecule has 1 aromatic heterocycles. The van der Waals surface area contributed by atoms with Gasteiger partial charge >= 0.3 is 0 Å². The summed E-state index contributed by atoms with van der Waals surface area (Å²) in [6.07, 6.45) is 9.20. The smallest absolute Gasteiger partial charge is 0.285 e. The van der Waals surface area contributed by atoms with Crippen LogP contribution in [0.3, 0.4) is 0 Å². The number of hydrogen-bond acceptors (Lipinski definition) is 7. The van der Waals surface area contributed by atoms with Crippen LogP contribution in [0.15, 0.2) is 47.6 Å². The van der Waals surface area contributed by atoms with Crippen molar-refractivity contribution in [2.75, 3.05) is 13.7 Å². The fourth-order valence-electron chi connectivity index (χ4n) is 2.98. The zero-order chi connectivity index (χ0) is 22.9. The number of methoxy groups -OCH3 is 1. The van der Waals surface area contributed by atoms with Gasteiger partial charge in [0.15, 0.2) is 15.8 Å². The van der Waals surface area contributed by atoms with Crippen LogP contribution in [-0.4, -0.2) is 39.8 Å². The lowest BCUT2D eigenvalue weighted by molar-refractivity contribution is -0.123. The molecule has 0 spiro atoms. The highest BCUT2D eigenvalue weighted by atomic mass is 32.2. The Balaban J connectivity index is 1.67. The molecule has 1 fully saturated rings. The minimum atomic E-state index is -0.460. The average molecular weight is 472 g/mol. The molecule has 2 amide bonds.